The summed E-state index contributed by atoms with van der Waals surface area (Å²) < 4.78 is 0. The van der Waals surface area contributed by atoms with Crippen LogP contribution in [0.3, 0.4) is 0 Å². The van der Waals surface area contributed by atoms with E-state index in [1.165, 1.54) is 93.0 Å². The quantitative estimate of drug-likeness (QED) is 0.574. The fraction of sp³-hybridized carbons (Fsp3) is 0.667. The van der Waals surface area contributed by atoms with E-state index in [0.717, 1.165) is 12.7 Å². The first kappa shape index (κ1) is 19.3. The summed E-state index contributed by atoms with van der Waals surface area (Å²) in [7, 11) is 0. The second kappa shape index (κ2) is 9.48. The SMILES string of the molecule is Cc1cc(C)c(N2C=CN(C3CCCCCCCCCCC3)C2)c(C)c1. The summed E-state index contributed by atoms with van der Waals surface area (Å²) in [6.45, 7) is 7.72. The molecule has 0 unspecified atom stereocenters. The minimum absolute atomic E-state index is 0.724. The molecule has 0 aromatic heterocycles. The Labute approximate surface area is 161 Å². The molecule has 0 radical (unpaired) electrons. The lowest BCUT2D eigenvalue weighted by Crippen LogP contribution is -2.34. The standard InChI is InChI=1S/C24H38N2/c1-20-17-21(2)24(22(3)18-20)26-16-15-25(19-26)23-13-11-9-7-5-4-6-8-10-12-14-23/h15-18,23H,4-14,19H2,1-3H3. The van der Waals surface area contributed by atoms with Gasteiger partial charge in [-0.2, -0.15) is 0 Å². The second-order valence-electron chi connectivity index (χ2n) is 8.58. The lowest BCUT2D eigenvalue weighted by molar-refractivity contribution is 0.253. The van der Waals surface area contributed by atoms with Gasteiger partial charge in [0.2, 0.25) is 0 Å². The first-order valence-electron chi connectivity index (χ1n) is 10.9. The summed E-state index contributed by atoms with van der Waals surface area (Å²) in [6, 6.07) is 5.35. The molecule has 2 heteroatoms. The summed E-state index contributed by atoms with van der Waals surface area (Å²) in [4.78, 5) is 5.07. The van der Waals surface area contributed by atoms with Crippen molar-refractivity contribution in [2.24, 2.45) is 0 Å². The number of hydrogen-bond acceptors (Lipinski definition) is 2. The molecule has 0 saturated heterocycles. The summed E-state index contributed by atoms with van der Waals surface area (Å²) in [5.74, 6) is 0. The lowest BCUT2D eigenvalue weighted by Gasteiger charge is -2.31. The van der Waals surface area contributed by atoms with E-state index in [-0.39, 0.29) is 0 Å². The van der Waals surface area contributed by atoms with E-state index in [1.807, 2.05) is 0 Å². The highest BCUT2D eigenvalue weighted by Gasteiger charge is 2.23. The van der Waals surface area contributed by atoms with Crippen molar-refractivity contribution in [3.63, 3.8) is 0 Å². The van der Waals surface area contributed by atoms with Crippen molar-refractivity contribution in [1.82, 2.24) is 4.90 Å². The van der Waals surface area contributed by atoms with E-state index in [4.69, 9.17) is 0 Å². The molecule has 1 saturated carbocycles. The highest BCUT2D eigenvalue weighted by atomic mass is 15.4. The average Bonchev–Trinajstić information content (AvgIpc) is 3.04. The van der Waals surface area contributed by atoms with E-state index < -0.39 is 0 Å². The minimum Gasteiger partial charge on any atom is -0.355 e. The van der Waals surface area contributed by atoms with Gasteiger partial charge in [-0.05, 0) is 44.7 Å². The topological polar surface area (TPSA) is 6.48 Å². The van der Waals surface area contributed by atoms with Crippen LogP contribution in [-0.4, -0.2) is 17.6 Å². The maximum absolute atomic E-state index is 2.62. The van der Waals surface area contributed by atoms with Gasteiger partial charge >= 0.3 is 0 Å². The molecule has 144 valence electrons. The Morgan fingerprint density at radius 1 is 0.692 bits per heavy atom. The van der Waals surface area contributed by atoms with Gasteiger partial charge in [-0.1, -0.05) is 75.5 Å². The van der Waals surface area contributed by atoms with Crippen molar-refractivity contribution < 1.29 is 0 Å². The van der Waals surface area contributed by atoms with Crippen LogP contribution in [0.25, 0.3) is 0 Å². The van der Waals surface area contributed by atoms with Gasteiger partial charge in [0.25, 0.3) is 0 Å². The molecule has 2 aliphatic rings. The van der Waals surface area contributed by atoms with Crippen molar-refractivity contribution >= 4 is 5.69 Å². The Hall–Kier alpha value is -1.44. The smallest absolute Gasteiger partial charge is 0.0944 e. The number of hydrogen-bond donors (Lipinski definition) is 0. The van der Waals surface area contributed by atoms with Gasteiger partial charge in [0.1, 0.15) is 0 Å². The molecule has 0 spiro atoms. The first-order chi connectivity index (χ1) is 12.6. The fourth-order valence-corrected chi connectivity index (χ4v) is 4.92. The highest BCUT2D eigenvalue weighted by molar-refractivity contribution is 5.62. The Bertz CT molecular complexity index is 569. The molecule has 1 heterocycles. The number of benzene rings is 1. The fourth-order valence-electron chi connectivity index (χ4n) is 4.92. The second-order valence-corrected chi connectivity index (χ2v) is 8.58. The molecule has 1 aromatic rings. The molecule has 3 rings (SSSR count). The van der Waals surface area contributed by atoms with Crippen LogP contribution in [-0.2, 0) is 0 Å². The lowest BCUT2D eigenvalue weighted by atomic mass is 9.97. The summed E-state index contributed by atoms with van der Waals surface area (Å²) in [5, 5.41) is 0. The maximum atomic E-state index is 2.62. The van der Waals surface area contributed by atoms with Crippen molar-refractivity contribution in [2.45, 2.75) is 97.4 Å². The Morgan fingerprint density at radius 2 is 1.19 bits per heavy atom. The van der Waals surface area contributed by atoms with Crippen LogP contribution < -0.4 is 4.90 Å². The number of rotatable bonds is 2. The molecule has 1 fully saturated rings. The van der Waals surface area contributed by atoms with Crippen molar-refractivity contribution in [3.05, 3.63) is 41.2 Å². The van der Waals surface area contributed by atoms with Gasteiger partial charge in [-0.15, -0.1) is 0 Å². The van der Waals surface area contributed by atoms with Crippen molar-refractivity contribution in [2.75, 3.05) is 11.6 Å². The zero-order chi connectivity index (χ0) is 18.4. The molecular weight excluding hydrogens is 316 g/mol. The van der Waals surface area contributed by atoms with E-state index in [9.17, 15) is 0 Å². The largest absolute Gasteiger partial charge is 0.355 e. The zero-order valence-corrected chi connectivity index (χ0v) is 17.3. The van der Waals surface area contributed by atoms with E-state index in [0.29, 0.717) is 0 Å². The number of nitrogens with zero attached hydrogens (tertiary/aromatic N) is 2. The molecule has 0 atom stereocenters. The minimum atomic E-state index is 0.724. The average molecular weight is 355 g/mol. The first-order valence-corrected chi connectivity index (χ1v) is 10.9. The molecule has 1 aromatic carbocycles. The van der Waals surface area contributed by atoms with Crippen LogP contribution in [0.1, 0.15) is 87.3 Å². The van der Waals surface area contributed by atoms with Crippen molar-refractivity contribution in [1.29, 1.82) is 0 Å². The molecule has 0 amide bonds. The van der Waals surface area contributed by atoms with Gasteiger partial charge in [-0.25, -0.2) is 0 Å². The molecule has 1 aliphatic carbocycles. The van der Waals surface area contributed by atoms with Crippen molar-refractivity contribution in [3.8, 4) is 0 Å². The predicted octanol–water partition coefficient (Wildman–Crippen LogP) is 6.84. The van der Waals surface area contributed by atoms with E-state index in [1.54, 1.807) is 0 Å². The molecule has 0 N–H and O–H groups in total. The van der Waals surface area contributed by atoms with Gasteiger partial charge in [-0.3, -0.25) is 0 Å². The molecular formula is C24H38N2. The summed E-state index contributed by atoms with van der Waals surface area (Å²) in [5.41, 5.74) is 5.56. The molecule has 2 nitrogen and oxygen atoms in total. The molecule has 1 aliphatic heterocycles. The molecule has 26 heavy (non-hydrogen) atoms. The van der Waals surface area contributed by atoms with Gasteiger partial charge < -0.3 is 9.80 Å². The van der Waals surface area contributed by atoms with E-state index in [2.05, 4.69) is 55.1 Å². The summed E-state index contributed by atoms with van der Waals surface area (Å²) in [6.07, 6.45) is 20.3. The number of aryl methyl sites for hydroxylation is 3. The van der Waals surface area contributed by atoms with Crippen LogP contribution in [0, 0.1) is 20.8 Å². The van der Waals surface area contributed by atoms with Gasteiger partial charge in [0.15, 0.2) is 0 Å². The van der Waals surface area contributed by atoms with Gasteiger partial charge in [0, 0.05) is 24.1 Å². The van der Waals surface area contributed by atoms with Crippen LogP contribution in [0.15, 0.2) is 24.5 Å². The van der Waals surface area contributed by atoms with Crippen LogP contribution in [0.2, 0.25) is 0 Å². The number of anilines is 1. The predicted molar refractivity (Wildman–Crippen MR) is 114 cm³/mol. The Balaban J connectivity index is 1.63. The normalized spacial score (nSPS) is 20.9. The monoisotopic (exact) mass is 354 g/mol. The highest BCUT2D eigenvalue weighted by Crippen LogP contribution is 2.31. The van der Waals surface area contributed by atoms with Crippen LogP contribution in [0.4, 0.5) is 5.69 Å². The third-order valence-corrected chi connectivity index (χ3v) is 6.22. The van der Waals surface area contributed by atoms with Crippen LogP contribution >= 0.6 is 0 Å². The Kier molecular flexibility index (Phi) is 7.05. The van der Waals surface area contributed by atoms with E-state index >= 15 is 0 Å². The third kappa shape index (κ3) is 5.05. The molecule has 0 bridgehead atoms. The Morgan fingerprint density at radius 3 is 1.73 bits per heavy atom. The van der Waals surface area contributed by atoms with Gasteiger partial charge in [0.05, 0.1) is 6.67 Å². The summed E-state index contributed by atoms with van der Waals surface area (Å²) >= 11 is 0. The third-order valence-electron chi connectivity index (χ3n) is 6.22. The maximum Gasteiger partial charge on any atom is 0.0944 e. The van der Waals surface area contributed by atoms with Crippen LogP contribution in [0.5, 0.6) is 0 Å². The zero-order valence-electron chi connectivity index (χ0n) is 17.3.